The van der Waals surface area contributed by atoms with E-state index in [0.717, 1.165) is 19.4 Å². The largest absolute Gasteiger partial charge is 0.380 e. The van der Waals surface area contributed by atoms with Gasteiger partial charge in [-0.05, 0) is 6.42 Å². The summed E-state index contributed by atoms with van der Waals surface area (Å²) < 4.78 is 10.5. The molecule has 94 valence electrons. The Morgan fingerprint density at radius 1 is 1.38 bits per heavy atom. The van der Waals surface area contributed by atoms with E-state index in [0.29, 0.717) is 39.5 Å². The van der Waals surface area contributed by atoms with Crippen LogP contribution >= 0.6 is 0 Å². The maximum atomic E-state index is 11.6. The number of unbranched alkanes of at least 4 members (excludes halogenated alkanes) is 1. The zero-order valence-corrected chi connectivity index (χ0v) is 10.0. The van der Waals surface area contributed by atoms with Gasteiger partial charge in [0.2, 0.25) is 0 Å². The van der Waals surface area contributed by atoms with Crippen molar-refractivity contribution in [3.05, 3.63) is 0 Å². The summed E-state index contributed by atoms with van der Waals surface area (Å²) in [6.45, 7) is 6.73. The Kier molecular flexibility index (Phi) is 6.92. The molecule has 1 N–H and O–H groups in total. The van der Waals surface area contributed by atoms with E-state index in [-0.39, 0.29) is 6.03 Å². The standard InChI is InChI=1S/C11H22N2O3/c1-2-3-7-15-8-4-12-11(14)13-5-9-16-10-6-13/h2-10H2,1H3,(H,12,14). The fourth-order valence-electron chi connectivity index (χ4n) is 1.46. The molecule has 1 fully saturated rings. The normalized spacial score (nSPS) is 16.2. The number of nitrogens with one attached hydrogen (secondary N) is 1. The van der Waals surface area contributed by atoms with Crippen molar-refractivity contribution in [2.75, 3.05) is 46.1 Å². The lowest BCUT2D eigenvalue weighted by Gasteiger charge is -2.26. The van der Waals surface area contributed by atoms with Gasteiger partial charge in [0, 0.05) is 26.2 Å². The second kappa shape index (κ2) is 8.35. The molecule has 0 saturated carbocycles. The van der Waals surface area contributed by atoms with Crippen LogP contribution in [0.1, 0.15) is 19.8 Å². The molecule has 0 radical (unpaired) electrons. The van der Waals surface area contributed by atoms with Gasteiger partial charge in [-0.25, -0.2) is 4.79 Å². The molecule has 0 atom stereocenters. The molecule has 1 aliphatic rings. The molecule has 0 aromatic carbocycles. The molecule has 0 aromatic heterocycles. The summed E-state index contributed by atoms with van der Waals surface area (Å²) in [5.41, 5.74) is 0. The average Bonchev–Trinajstić information content (AvgIpc) is 2.34. The summed E-state index contributed by atoms with van der Waals surface area (Å²) in [6, 6.07) is -0.0117. The number of hydrogen-bond acceptors (Lipinski definition) is 3. The quantitative estimate of drug-likeness (QED) is 0.688. The first-order valence-corrected chi connectivity index (χ1v) is 6.03. The van der Waals surface area contributed by atoms with Crippen LogP contribution < -0.4 is 5.32 Å². The summed E-state index contributed by atoms with van der Waals surface area (Å²) in [5.74, 6) is 0. The molecule has 5 heteroatoms. The van der Waals surface area contributed by atoms with Crippen LogP contribution in [0.3, 0.4) is 0 Å². The van der Waals surface area contributed by atoms with Gasteiger partial charge in [-0.15, -0.1) is 0 Å². The van der Waals surface area contributed by atoms with Crippen molar-refractivity contribution < 1.29 is 14.3 Å². The monoisotopic (exact) mass is 230 g/mol. The Morgan fingerprint density at radius 3 is 2.81 bits per heavy atom. The molecule has 2 amide bonds. The van der Waals surface area contributed by atoms with Gasteiger partial charge in [0.05, 0.1) is 19.8 Å². The minimum absolute atomic E-state index is 0.0117. The third kappa shape index (κ3) is 5.32. The van der Waals surface area contributed by atoms with Gasteiger partial charge in [0.15, 0.2) is 0 Å². The van der Waals surface area contributed by atoms with Crippen molar-refractivity contribution in [2.24, 2.45) is 0 Å². The zero-order chi connectivity index (χ0) is 11.6. The van der Waals surface area contributed by atoms with Crippen molar-refractivity contribution in [2.45, 2.75) is 19.8 Å². The Bertz CT molecular complexity index is 194. The molecule has 1 rings (SSSR count). The van der Waals surface area contributed by atoms with Crippen molar-refractivity contribution in [1.29, 1.82) is 0 Å². The number of ether oxygens (including phenoxy) is 2. The van der Waals surface area contributed by atoms with Gasteiger partial charge in [-0.3, -0.25) is 0 Å². The molecular weight excluding hydrogens is 208 g/mol. The molecular formula is C11H22N2O3. The van der Waals surface area contributed by atoms with Gasteiger partial charge >= 0.3 is 6.03 Å². The number of urea groups is 1. The highest BCUT2D eigenvalue weighted by atomic mass is 16.5. The van der Waals surface area contributed by atoms with E-state index < -0.39 is 0 Å². The van der Waals surface area contributed by atoms with E-state index in [9.17, 15) is 4.79 Å². The lowest BCUT2D eigenvalue weighted by atomic mass is 10.4. The summed E-state index contributed by atoms with van der Waals surface area (Å²) in [4.78, 5) is 13.4. The van der Waals surface area contributed by atoms with E-state index in [1.165, 1.54) is 0 Å². The maximum absolute atomic E-state index is 11.6. The van der Waals surface area contributed by atoms with Crippen molar-refractivity contribution in [3.8, 4) is 0 Å². The van der Waals surface area contributed by atoms with E-state index >= 15 is 0 Å². The Morgan fingerprint density at radius 2 is 2.12 bits per heavy atom. The van der Waals surface area contributed by atoms with E-state index in [2.05, 4.69) is 12.2 Å². The number of rotatable bonds is 6. The molecule has 0 spiro atoms. The van der Waals surface area contributed by atoms with Crippen LogP contribution in [0.2, 0.25) is 0 Å². The van der Waals surface area contributed by atoms with Crippen molar-refractivity contribution in [3.63, 3.8) is 0 Å². The fraction of sp³-hybridized carbons (Fsp3) is 0.909. The number of carbonyl (C=O) groups is 1. The van der Waals surface area contributed by atoms with Gasteiger partial charge in [0.1, 0.15) is 0 Å². The first-order valence-electron chi connectivity index (χ1n) is 6.03. The third-order valence-corrected chi connectivity index (χ3v) is 2.46. The van der Waals surface area contributed by atoms with Crippen molar-refractivity contribution in [1.82, 2.24) is 10.2 Å². The van der Waals surface area contributed by atoms with Crippen molar-refractivity contribution >= 4 is 6.03 Å². The SMILES string of the molecule is CCCCOCCNC(=O)N1CCOCC1. The molecule has 1 saturated heterocycles. The van der Waals surface area contributed by atoms with Gasteiger partial charge in [-0.1, -0.05) is 13.3 Å². The third-order valence-electron chi connectivity index (χ3n) is 2.46. The summed E-state index contributed by atoms with van der Waals surface area (Å²) in [5, 5.41) is 2.84. The van der Waals surface area contributed by atoms with Crippen LogP contribution in [0, 0.1) is 0 Å². The zero-order valence-electron chi connectivity index (χ0n) is 10.0. The highest BCUT2D eigenvalue weighted by Gasteiger charge is 2.15. The molecule has 0 aromatic rings. The minimum Gasteiger partial charge on any atom is -0.380 e. The average molecular weight is 230 g/mol. The molecule has 1 aliphatic heterocycles. The smallest absolute Gasteiger partial charge is 0.317 e. The fourth-order valence-corrected chi connectivity index (χ4v) is 1.46. The van der Waals surface area contributed by atoms with E-state index in [4.69, 9.17) is 9.47 Å². The number of morpholine rings is 1. The predicted octanol–water partition coefficient (Wildman–Crippen LogP) is 0.845. The summed E-state index contributed by atoms with van der Waals surface area (Å²) >= 11 is 0. The van der Waals surface area contributed by atoms with Crippen LogP contribution in [-0.2, 0) is 9.47 Å². The molecule has 0 unspecified atom stereocenters. The van der Waals surface area contributed by atoms with E-state index in [1.54, 1.807) is 4.90 Å². The number of carbonyl (C=O) groups excluding carboxylic acids is 1. The summed E-state index contributed by atoms with van der Waals surface area (Å²) in [6.07, 6.45) is 2.22. The molecule has 0 bridgehead atoms. The summed E-state index contributed by atoms with van der Waals surface area (Å²) in [7, 11) is 0. The Balaban J connectivity index is 1.97. The lowest BCUT2D eigenvalue weighted by Crippen LogP contribution is -2.46. The molecule has 0 aliphatic carbocycles. The maximum Gasteiger partial charge on any atom is 0.317 e. The minimum atomic E-state index is -0.0117. The number of amides is 2. The lowest BCUT2D eigenvalue weighted by molar-refractivity contribution is 0.0523. The highest BCUT2D eigenvalue weighted by Crippen LogP contribution is 1.96. The van der Waals surface area contributed by atoms with Crippen LogP contribution in [0.15, 0.2) is 0 Å². The van der Waals surface area contributed by atoms with Crippen LogP contribution in [0.5, 0.6) is 0 Å². The second-order valence-electron chi connectivity index (χ2n) is 3.80. The second-order valence-corrected chi connectivity index (χ2v) is 3.80. The highest BCUT2D eigenvalue weighted by molar-refractivity contribution is 5.74. The van der Waals surface area contributed by atoms with Gasteiger partial charge < -0.3 is 19.7 Å². The first-order chi connectivity index (χ1) is 7.84. The van der Waals surface area contributed by atoms with Gasteiger partial charge in [-0.2, -0.15) is 0 Å². The Labute approximate surface area is 97.1 Å². The molecule has 5 nitrogen and oxygen atoms in total. The van der Waals surface area contributed by atoms with Crippen LogP contribution in [0.4, 0.5) is 4.79 Å². The van der Waals surface area contributed by atoms with E-state index in [1.807, 2.05) is 0 Å². The number of hydrogen-bond donors (Lipinski definition) is 1. The topological polar surface area (TPSA) is 50.8 Å². The molecule has 1 heterocycles. The van der Waals surface area contributed by atoms with Crippen LogP contribution in [-0.4, -0.2) is 57.0 Å². The first kappa shape index (κ1) is 13.3. The Hall–Kier alpha value is -0.810. The number of nitrogens with zero attached hydrogens (tertiary/aromatic N) is 1. The molecule has 16 heavy (non-hydrogen) atoms. The predicted molar refractivity (Wildman–Crippen MR) is 61.5 cm³/mol. The van der Waals surface area contributed by atoms with Crippen LogP contribution in [0.25, 0.3) is 0 Å². The van der Waals surface area contributed by atoms with Gasteiger partial charge in [0.25, 0.3) is 0 Å².